The smallest absolute Gasteiger partial charge is 0.103 e. The number of rotatable bonds is 1. The van der Waals surface area contributed by atoms with Crippen molar-refractivity contribution in [2.45, 2.75) is 0 Å². The third kappa shape index (κ3) is 1.10. The number of imidazole rings is 1. The Morgan fingerprint density at radius 3 is 2.78 bits per heavy atom. The van der Waals surface area contributed by atoms with Gasteiger partial charge in [0.05, 0.1) is 12.0 Å². The molecule has 0 unspecified atom stereocenters. The minimum absolute atomic E-state index is 0.510. The van der Waals surface area contributed by atoms with E-state index in [1.165, 1.54) is 0 Å². The molecule has 0 saturated heterocycles. The second-order valence-corrected chi connectivity index (χ2v) is 1.95. The minimum Gasteiger partial charge on any atom is -0.397 e. The summed E-state index contributed by atoms with van der Waals surface area (Å²) in [6, 6.07) is 0. The van der Waals surface area contributed by atoms with Crippen LogP contribution in [0.2, 0.25) is 0 Å². The topological polar surface area (TPSA) is 43.8 Å². The molecule has 1 aromatic heterocycles. The van der Waals surface area contributed by atoms with Gasteiger partial charge in [-0.25, -0.2) is 4.98 Å². The molecule has 3 heteroatoms. The summed E-state index contributed by atoms with van der Waals surface area (Å²) >= 11 is 0. The van der Waals surface area contributed by atoms with Crippen LogP contribution in [0.25, 0.3) is 5.70 Å². The van der Waals surface area contributed by atoms with Crippen LogP contribution in [0.15, 0.2) is 19.1 Å². The second kappa shape index (κ2) is 1.93. The number of nitrogens with two attached hydrogens (primary N) is 1. The van der Waals surface area contributed by atoms with E-state index in [0.29, 0.717) is 5.70 Å². The molecule has 0 amide bonds. The fraction of sp³-hybridized carbons (Fsp3) is 0.167. The molecule has 3 nitrogen and oxygen atoms in total. The maximum Gasteiger partial charge on any atom is 0.103 e. The van der Waals surface area contributed by atoms with Crippen LogP contribution in [0.5, 0.6) is 0 Å². The van der Waals surface area contributed by atoms with Crippen molar-refractivity contribution in [3.63, 3.8) is 0 Å². The van der Waals surface area contributed by atoms with Crippen molar-refractivity contribution in [3.05, 3.63) is 24.8 Å². The van der Waals surface area contributed by atoms with E-state index in [0.717, 1.165) is 5.69 Å². The van der Waals surface area contributed by atoms with Crippen molar-refractivity contribution in [1.29, 1.82) is 0 Å². The normalized spacial score (nSPS) is 9.44. The predicted molar refractivity (Wildman–Crippen MR) is 36.4 cm³/mol. The number of hydrogen-bond acceptors (Lipinski definition) is 2. The van der Waals surface area contributed by atoms with Gasteiger partial charge in [-0.15, -0.1) is 0 Å². The van der Waals surface area contributed by atoms with E-state index in [1.54, 1.807) is 6.33 Å². The molecule has 0 saturated carbocycles. The lowest BCUT2D eigenvalue weighted by Crippen LogP contribution is -1.93. The lowest BCUT2D eigenvalue weighted by molar-refractivity contribution is 0.913. The zero-order chi connectivity index (χ0) is 6.85. The Bertz CT molecular complexity index is 224. The Kier molecular flexibility index (Phi) is 1.26. The van der Waals surface area contributed by atoms with Gasteiger partial charge in [-0.2, -0.15) is 0 Å². The molecule has 48 valence electrons. The maximum atomic E-state index is 5.36. The van der Waals surface area contributed by atoms with Gasteiger partial charge < -0.3 is 10.3 Å². The first kappa shape index (κ1) is 5.88. The van der Waals surface area contributed by atoms with Crippen LogP contribution in [-0.2, 0) is 7.05 Å². The van der Waals surface area contributed by atoms with Crippen LogP contribution in [0, 0.1) is 0 Å². The molecular weight excluding hydrogens is 114 g/mol. The molecule has 1 aromatic rings. The van der Waals surface area contributed by atoms with Crippen LogP contribution in [0.3, 0.4) is 0 Å². The molecule has 0 aliphatic rings. The van der Waals surface area contributed by atoms with Gasteiger partial charge in [0.25, 0.3) is 0 Å². The molecule has 0 bridgehead atoms. The highest BCUT2D eigenvalue weighted by Gasteiger charge is 1.94. The van der Waals surface area contributed by atoms with Gasteiger partial charge in [-0.3, -0.25) is 0 Å². The highest BCUT2D eigenvalue weighted by Crippen LogP contribution is 1.99. The molecule has 9 heavy (non-hydrogen) atoms. The lowest BCUT2D eigenvalue weighted by atomic mass is 10.4. The molecule has 0 aliphatic heterocycles. The Balaban J connectivity index is 2.98. The van der Waals surface area contributed by atoms with Crippen LogP contribution in [0.1, 0.15) is 5.69 Å². The summed E-state index contributed by atoms with van der Waals surface area (Å²) in [7, 11) is 1.89. The van der Waals surface area contributed by atoms with E-state index in [1.807, 2.05) is 17.8 Å². The summed E-state index contributed by atoms with van der Waals surface area (Å²) in [5.74, 6) is 0. The Labute approximate surface area is 53.8 Å². The summed E-state index contributed by atoms with van der Waals surface area (Å²) in [5.41, 5.74) is 6.61. The molecule has 0 aliphatic carbocycles. The summed E-state index contributed by atoms with van der Waals surface area (Å²) in [6.07, 6.45) is 3.51. The highest BCUT2D eigenvalue weighted by atomic mass is 15.0. The van der Waals surface area contributed by atoms with Gasteiger partial charge in [-0.05, 0) is 0 Å². The first-order valence-corrected chi connectivity index (χ1v) is 2.63. The zero-order valence-corrected chi connectivity index (χ0v) is 5.33. The van der Waals surface area contributed by atoms with E-state index in [9.17, 15) is 0 Å². The van der Waals surface area contributed by atoms with Gasteiger partial charge in [0, 0.05) is 13.2 Å². The Hall–Kier alpha value is -1.25. The molecule has 0 radical (unpaired) electrons. The van der Waals surface area contributed by atoms with E-state index in [2.05, 4.69) is 11.6 Å². The molecule has 1 rings (SSSR count). The monoisotopic (exact) mass is 123 g/mol. The lowest BCUT2D eigenvalue weighted by Gasteiger charge is -1.87. The fourth-order valence-electron chi connectivity index (χ4n) is 0.579. The number of aryl methyl sites for hydroxylation is 1. The predicted octanol–water partition coefficient (Wildman–Crippen LogP) is 0.350. The molecule has 2 N–H and O–H groups in total. The third-order valence-electron chi connectivity index (χ3n) is 1.03. The zero-order valence-electron chi connectivity index (χ0n) is 5.33. The summed E-state index contributed by atoms with van der Waals surface area (Å²) in [4.78, 5) is 3.95. The average molecular weight is 123 g/mol. The van der Waals surface area contributed by atoms with Crippen molar-refractivity contribution < 1.29 is 0 Å². The van der Waals surface area contributed by atoms with E-state index < -0.39 is 0 Å². The van der Waals surface area contributed by atoms with Gasteiger partial charge in [0.15, 0.2) is 0 Å². The first-order chi connectivity index (χ1) is 4.20. The molecule has 0 aromatic carbocycles. The average Bonchev–Trinajstić information content (AvgIpc) is 2.14. The number of hydrogen-bond donors (Lipinski definition) is 1. The van der Waals surface area contributed by atoms with Gasteiger partial charge in [0.1, 0.15) is 5.69 Å². The molecule has 1 heterocycles. The highest BCUT2D eigenvalue weighted by molar-refractivity contribution is 5.55. The Morgan fingerprint density at radius 1 is 1.89 bits per heavy atom. The van der Waals surface area contributed by atoms with Crippen LogP contribution >= 0.6 is 0 Å². The quantitative estimate of drug-likeness (QED) is 0.585. The van der Waals surface area contributed by atoms with Gasteiger partial charge in [-0.1, -0.05) is 6.58 Å². The number of nitrogens with zero attached hydrogens (tertiary/aromatic N) is 2. The molecule has 0 atom stereocenters. The van der Waals surface area contributed by atoms with E-state index in [-0.39, 0.29) is 0 Å². The van der Waals surface area contributed by atoms with E-state index in [4.69, 9.17) is 5.73 Å². The number of aromatic nitrogens is 2. The third-order valence-corrected chi connectivity index (χ3v) is 1.03. The van der Waals surface area contributed by atoms with Crippen molar-refractivity contribution in [2.24, 2.45) is 12.8 Å². The summed E-state index contributed by atoms with van der Waals surface area (Å²) in [5, 5.41) is 0. The van der Waals surface area contributed by atoms with Gasteiger partial charge in [0.2, 0.25) is 0 Å². The standard InChI is InChI=1S/C6H9N3/c1-5(7)6-3-9(2)4-8-6/h3-4H,1,7H2,2H3. The van der Waals surface area contributed by atoms with Crippen LogP contribution < -0.4 is 5.73 Å². The van der Waals surface area contributed by atoms with Crippen LogP contribution in [-0.4, -0.2) is 9.55 Å². The van der Waals surface area contributed by atoms with Crippen LogP contribution in [0.4, 0.5) is 0 Å². The van der Waals surface area contributed by atoms with E-state index >= 15 is 0 Å². The SMILES string of the molecule is C=C(N)c1cn(C)cn1. The molecular formula is C6H9N3. The maximum absolute atomic E-state index is 5.36. The summed E-state index contributed by atoms with van der Waals surface area (Å²) < 4.78 is 1.83. The fourth-order valence-corrected chi connectivity index (χ4v) is 0.579. The largest absolute Gasteiger partial charge is 0.397 e. The van der Waals surface area contributed by atoms with Crippen molar-refractivity contribution in [3.8, 4) is 0 Å². The minimum atomic E-state index is 0.510. The van der Waals surface area contributed by atoms with Crippen molar-refractivity contribution >= 4 is 5.70 Å². The van der Waals surface area contributed by atoms with Crippen molar-refractivity contribution in [1.82, 2.24) is 9.55 Å². The Morgan fingerprint density at radius 2 is 2.56 bits per heavy atom. The molecule has 0 fully saturated rings. The molecule has 0 spiro atoms. The van der Waals surface area contributed by atoms with Gasteiger partial charge >= 0.3 is 0 Å². The second-order valence-electron chi connectivity index (χ2n) is 1.95. The first-order valence-electron chi connectivity index (χ1n) is 2.63. The van der Waals surface area contributed by atoms with Crippen molar-refractivity contribution in [2.75, 3.05) is 0 Å². The summed E-state index contributed by atoms with van der Waals surface area (Å²) in [6.45, 7) is 3.54.